The Hall–Kier alpha value is -1.81. The van der Waals surface area contributed by atoms with E-state index in [9.17, 15) is 4.39 Å². The lowest BCUT2D eigenvalue weighted by Crippen LogP contribution is -2.27. The lowest BCUT2D eigenvalue weighted by Gasteiger charge is -2.23. The summed E-state index contributed by atoms with van der Waals surface area (Å²) in [5.41, 5.74) is 1.41. The zero-order chi connectivity index (χ0) is 22.5. The normalized spacial score (nSPS) is 27.7. The minimum atomic E-state index is -0.725. The maximum absolute atomic E-state index is 13.7. The molecule has 4 heterocycles. The highest BCUT2D eigenvalue weighted by Gasteiger charge is 2.54. The van der Waals surface area contributed by atoms with Crippen molar-refractivity contribution in [1.82, 2.24) is 19.5 Å². The number of halogens is 2. The number of hydrogen-bond donors (Lipinski definition) is 1. The van der Waals surface area contributed by atoms with Crippen LogP contribution >= 0.6 is 22.9 Å². The zero-order valence-corrected chi connectivity index (χ0v) is 19.9. The Bertz CT molecular complexity index is 1110. The molecule has 0 aromatic carbocycles. The van der Waals surface area contributed by atoms with Crippen molar-refractivity contribution >= 4 is 39.9 Å². The quantitative estimate of drug-likeness (QED) is 0.512. The Morgan fingerprint density at radius 1 is 1.31 bits per heavy atom. The molecule has 0 spiro atoms. The Morgan fingerprint density at radius 2 is 2.12 bits per heavy atom. The molecule has 1 saturated heterocycles. The third-order valence-electron chi connectivity index (χ3n) is 6.42. The number of alkyl halides is 1. The molecule has 2 fully saturated rings. The van der Waals surface area contributed by atoms with Crippen LogP contribution in [0.4, 0.5) is 10.2 Å². The van der Waals surface area contributed by atoms with Crippen molar-refractivity contribution in [3.05, 3.63) is 34.0 Å². The van der Waals surface area contributed by atoms with Gasteiger partial charge in [0.2, 0.25) is 0 Å². The molecule has 1 saturated carbocycles. The molecule has 5 atom stereocenters. The van der Waals surface area contributed by atoms with E-state index in [4.69, 9.17) is 21.1 Å². The van der Waals surface area contributed by atoms with Crippen molar-refractivity contribution in [2.75, 3.05) is 12.0 Å². The summed E-state index contributed by atoms with van der Waals surface area (Å²) in [4.78, 5) is 14.8. The van der Waals surface area contributed by atoms with Gasteiger partial charge in [0, 0.05) is 23.3 Å². The number of nitrogens with one attached hydrogen (secondary N) is 1. The van der Waals surface area contributed by atoms with Gasteiger partial charge in [-0.2, -0.15) is 0 Å². The zero-order valence-electron chi connectivity index (χ0n) is 18.3. The van der Waals surface area contributed by atoms with E-state index in [1.807, 2.05) is 29.9 Å². The van der Waals surface area contributed by atoms with Crippen molar-refractivity contribution in [3.63, 3.8) is 0 Å². The van der Waals surface area contributed by atoms with Crippen molar-refractivity contribution in [1.29, 1.82) is 0 Å². The number of ether oxygens (including phenoxy) is 2. The molecule has 10 heteroatoms. The van der Waals surface area contributed by atoms with E-state index in [1.165, 1.54) is 0 Å². The topological polar surface area (TPSA) is 74.1 Å². The molecule has 3 aromatic rings. The number of nitrogens with zero attached hydrogens (tertiary/aromatic N) is 4. The molecule has 3 aromatic heterocycles. The highest BCUT2D eigenvalue weighted by atomic mass is 35.5. The SMILES string of the molecule is CC[C@H](Cc1sccc1Cl)Nc1ncnc2c1ncn2[C@@H]1C[C@H](CF)[C@H]2OC(C)(C)O[C@H]21. The molecule has 2 aliphatic rings. The van der Waals surface area contributed by atoms with Gasteiger partial charge in [0.05, 0.1) is 30.2 Å². The standard InChI is InChI=1S/C22H27ClFN5O2S/c1-4-13(8-16-14(23)5-6-32-16)28-20-17-21(26-10-25-20)29(11-27-17)15-7-12(9-24)18-19(15)31-22(2,3)30-18/h5-6,10-13,15,18-19H,4,7-9H2,1-3H3,(H,25,26,28)/t12-,13-,15-,18-,19+/m1/s1. The van der Waals surface area contributed by atoms with Crippen LogP contribution in [0.5, 0.6) is 0 Å². The van der Waals surface area contributed by atoms with E-state index in [2.05, 4.69) is 27.2 Å². The number of aromatic nitrogens is 4. The van der Waals surface area contributed by atoms with Gasteiger partial charge in [-0.1, -0.05) is 18.5 Å². The number of fused-ring (bicyclic) bond motifs is 2. The van der Waals surface area contributed by atoms with Crippen LogP contribution in [-0.4, -0.2) is 50.2 Å². The summed E-state index contributed by atoms with van der Waals surface area (Å²) in [5, 5.41) is 6.33. The van der Waals surface area contributed by atoms with Gasteiger partial charge in [0.1, 0.15) is 17.9 Å². The predicted octanol–water partition coefficient (Wildman–Crippen LogP) is 5.03. The average molecular weight is 480 g/mol. The first-order valence-corrected chi connectivity index (χ1v) is 12.2. The fourth-order valence-corrected chi connectivity index (χ4v) is 6.06. The highest BCUT2D eigenvalue weighted by molar-refractivity contribution is 7.10. The van der Waals surface area contributed by atoms with Gasteiger partial charge in [-0.05, 0) is 38.1 Å². The van der Waals surface area contributed by atoms with Gasteiger partial charge in [-0.15, -0.1) is 11.3 Å². The molecule has 172 valence electrons. The monoisotopic (exact) mass is 479 g/mol. The fraction of sp³-hybridized carbons (Fsp3) is 0.591. The van der Waals surface area contributed by atoms with Crippen LogP contribution in [0, 0.1) is 5.92 Å². The number of hydrogen-bond acceptors (Lipinski definition) is 7. The molecule has 1 aliphatic carbocycles. The van der Waals surface area contributed by atoms with Crippen LogP contribution in [-0.2, 0) is 15.9 Å². The molecule has 0 bridgehead atoms. The van der Waals surface area contributed by atoms with Gasteiger partial charge in [0.25, 0.3) is 0 Å². The molecule has 0 unspecified atom stereocenters. The average Bonchev–Trinajstić information content (AvgIpc) is 3.51. The number of thiophene rings is 1. The van der Waals surface area contributed by atoms with E-state index in [-0.39, 0.29) is 30.2 Å². The van der Waals surface area contributed by atoms with Crippen molar-refractivity contribution in [2.24, 2.45) is 5.92 Å². The molecule has 1 N–H and O–H groups in total. The van der Waals surface area contributed by atoms with Gasteiger partial charge >= 0.3 is 0 Å². The second-order valence-corrected chi connectivity index (χ2v) is 10.4. The van der Waals surface area contributed by atoms with Crippen LogP contribution in [0.25, 0.3) is 11.2 Å². The molecular formula is C22H27ClFN5O2S. The van der Waals surface area contributed by atoms with Gasteiger partial charge in [-0.3, -0.25) is 4.39 Å². The summed E-state index contributed by atoms with van der Waals surface area (Å²) in [7, 11) is 0. The number of rotatable bonds is 7. The molecule has 0 amide bonds. The maximum atomic E-state index is 13.7. The Labute approximate surface area is 195 Å². The Balaban J connectivity index is 1.43. The van der Waals surface area contributed by atoms with Crippen LogP contribution in [0.15, 0.2) is 24.1 Å². The Morgan fingerprint density at radius 3 is 2.84 bits per heavy atom. The van der Waals surface area contributed by atoms with Gasteiger partial charge in [-0.25, -0.2) is 15.0 Å². The summed E-state index contributed by atoms with van der Waals surface area (Å²) in [6.07, 6.45) is 5.14. The van der Waals surface area contributed by atoms with Crippen LogP contribution in [0.3, 0.4) is 0 Å². The van der Waals surface area contributed by atoms with Crippen molar-refractivity contribution < 1.29 is 13.9 Å². The summed E-state index contributed by atoms with van der Waals surface area (Å²) in [6.45, 7) is 5.44. The molecular weight excluding hydrogens is 453 g/mol. The van der Waals surface area contributed by atoms with Gasteiger partial charge in [0.15, 0.2) is 17.3 Å². The number of anilines is 1. The summed E-state index contributed by atoms with van der Waals surface area (Å²) in [6, 6.07) is 1.99. The number of imidazole rings is 1. The Kier molecular flexibility index (Phi) is 5.86. The van der Waals surface area contributed by atoms with E-state index in [0.29, 0.717) is 23.4 Å². The third kappa shape index (κ3) is 3.89. The van der Waals surface area contributed by atoms with Gasteiger partial charge < -0.3 is 19.4 Å². The second kappa shape index (κ2) is 8.52. The summed E-state index contributed by atoms with van der Waals surface area (Å²) >= 11 is 7.95. The van der Waals surface area contributed by atoms with Crippen LogP contribution < -0.4 is 5.32 Å². The smallest absolute Gasteiger partial charge is 0.165 e. The minimum absolute atomic E-state index is 0.0952. The molecule has 7 nitrogen and oxygen atoms in total. The fourth-order valence-electron chi connectivity index (χ4n) is 4.87. The van der Waals surface area contributed by atoms with Crippen molar-refractivity contribution in [2.45, 2.75) is 70.1 Å². The van der Waals surface area contributed by atoms with Crippen LogP contribution in [0.2, 0.25) is 5.02 Å². The molecule has 0 radical (unpaired) electrons. The minimum Gasteiger partial charge on any atom is -0.365 e. The lowest BCUT2D eigenvalue weighted by molar-refractivity contribution is -0.160. The largest absolute Gasteiger partial charge is 0.365 e. The predicted molar refractivity (Wildman–Crippen MR) is 123 cm³/mol. The van der Waals surface area contributed by atoms with E-state index in [0.717, 1.165) is 22.7 Å². The molecule has 5 rings (SSSR count). The lowest BCUT2D eigenvalue weighted by atomic mass is 10.1. The third-order valence-corrected chi connectivity index (χ3v) is 7.83. The first kappa shape index (κ1) is 22.0. The highest BCUT2D eigenvalue weighted by Crippen LogP contribution is 2.47. The summed E-state index contributed by atoms with van der Waals surface area (Å²) in [5.74, 6) is -0.242. The van der Waals surface area contributed by atoms with Crippen molar-refractivity contribution in [3.8, 4) is 0 Å². The van der Waals surface area contributed by atoms with E-state index in [1.54, 1.807) is 24.0 Å². The second-order valence-electron chi connectivity index (χ2n) is 8.97. The van der Waals surface area contributed by atoms with E-state index < -0.39 is 12.5 Å². The van der Waals surface area contributed by atoms with E-state index >= 15 is 0 Å². The van der Waals surface area contributed by atoms with Crippen LogP contribution in [0.1, 0.15) is 44.5 Å². The first-order chi connectivity index (χ1) is 15.4. The molecule has 1 aliphatic heterocycles. The summed E-state index contributed by atoms with van der Waals surface area (Å²) < 4.78 is 27.9. The maximum Gasteiger partial charge on any atom is 0.165 e. The molecule has 32 heavy (non-hydrogen) atoms. The first-order valence-electron chi connectivity index (χ1n) is 11.0.